The van der Waals surface area contributed by atoms with E-state index in [1.807, 2.05) is 6.07 Å². The summed E-state index contributed by atoms with van der Waals surface area (Å²) in [5.41, 5.74) is 1.51. The van der Waals surface area contributed by atoms with Crippen LogP contribution in [0.15, 0.2) is 18.2 Å². The Morgan fingerprint density at radius 1 is 1.45 bits per heavy atom. The van der Waals surface area contributed by atoms with E-state index in [9.17, 15) is 0 Å². The molecular formula is C16H22ClN3. The van der Waals surface area contributed by atoms with Gasteiger partial charge < -0.3 is 10.2 Å². The summed E-state index contributed by atoms with van der Waals surface area (Å²) in [6.07, 6.45) is 2.44. The summed E-state index contributed by atoms with van der Waals surface area (Å²) in [7, 11) is 0. The summed E-state index contributed by atoms with van der Waals surface area (Å²) in [5, 5.41) is 13.1. The van der Waals surface area contributed by atoms with Crippen LogP contribution < -0.4 is 5.32 Å². The number of hydrogen-bond acceptors (Lipinski definition) is 3. The first-order valence-corrected chi connectivity index (χ1v) is 7.70. The zero-order chi connectivity index (χ0) is 14.5. The summed E-state index contributed by atoms with van der Waals surface area (Å²) in [4.78, 5) is 2.49. The first kappa shape index (κ1) is 15.2. The molecule has 1 aliphatic rings. The highest BCUT2D eigenvalue weighted by molar-refractivity contribution is 6.33. The molecule has 2 rings (SSSR count). The Hall–Kier alpha value is -1.24. The van der Waals surface area contributed by atoms with Crippen LogP contribution in [0.25, 0.3) is 0 Å². The molecule has 0 saturated carbocycles. The Morgan fingerprint density at radius 3 is 2.75 bits per heavy atom. The molecule has 1 fully saturated rings. The van der Waals surface area contributed by atoms with Gasteiger partial charge in [0, 0.05) is 6.04 Å². The van der Waals surface area contributed by atoms with Crippen LogP contribution in [-0.4, -0.2) is 30.6 Å². The quantitative estimate of drug-likeness (QED) is 0.918. The lowest BCUT2D eigenvalue weighted by atomic mass is 9.90. The zero-order valence-corrected chi connectivity index (χ0v) is 13.0. The molecule has 4 heteroatoms. The second kappa shape index (κ2) is 6.97. The molecule has 108 valence electrons. The van der Waals surface area contributed by atoms with Gasteiger partial charge in [-0.15, -0.1) is 0 Å². The highest BCUT2D eigenvalue weighted by Gasteiger charge is 2.23. The van der Waals surface area contributed by atoms with E-state index < -0.39 is 0 Å². The number of nitrogens with zero attached hydrogens (tertiary/aromatic N) is 2. The number of anilines is 1. The fourth-order valence-electron chi connectivity index (χ4n) is 2.84. The maximum atomic E-state index is 8.97. The number of rotatable bonds is 4. The van der Waals surface area contributed by atoms with Crippen molar-refractivity contribution in [1.82, 2.24) is 4.90 Å². The Kier molecular flexibility index (Phi) is 5.28. The van der Waals surface area contributed by atoms with Gasteiger partial charge in [0.05, 0.1) is 22.3 Å². The Labute approximate surface area is 126 Å². The van der Waals surface area contributed by atoms with Crippen molar-refractivity contribution in [2.45, 2.75) is 32.7 Å². The van der Waals surface area contributed by atoms with Crippen molar-refractivity contribution in [3.63, 3.8) is 0 Å². The summed E-state index contributed by atoms with van der Waals surface area (Å²) in [6.45, 7) is 7.93. The zero-order valence-electron chi connectivity index (χ0n) is 12.2. The van der Waals surface area contributed by atoms with Crippen LogP contribution >= 0.6 is 11.6 Å². The standard InChI is InChI=1S/C16H22ClN3/c1-3-20-8-6-14(7-9-20)12(2)19-16-10-13(11-18)4-5-15(16)17/h4-5,10,12,14,19H,3,6-9H2,1-2H3. The number of nitriles is 1. The summed E-state index contributed by atoms with van der Waals surface area (Å²) >= 11 is 6.20. The maximum Gasteiger partial charge on any atom is 0.0992 e. The normalized spacial score (nSPS) is 18.5. The van der Waals surface area contributed by atoms with E-state index in [-0.39, 0.29) is 0 Å². The van der Waals surface area contributed by atoms with Gasteiger partial charge in [-0.05, 0) is 63.5 Å². The molecule has 1 unspecified atom stereocenters. The predicted molar refractivity (Wildman–Crippen MR) is 84.1 cm³/mol. The fraction of sp³-hybridized carbons (Fsp3) is 0.562. The number of halogens is 1. The number of benzene rings is 1. The summed E-state index contributed by atoms with van der Waals surface area (Å²) < 4.78 is 0. The molecule has 1 aliphatic heterocycles. The minimum Gasteiger partial charge on any atom is -0.381 e. The Balaban J connectivity index is 1.98. The number of piperidine rings is 1. The molecule has 1 aromatic carbocycles. The highest BCUT2D eigenvalue weighted by atomic mass is 35.5. The molecule has 0 spiro atoms. The van der Waals surface area contributed by atoms with Gasteiger partial charge in [-0.1, -0.05) is 18.5 Å². The van der Waals surface area contributed by atoms with Crippen LogP contribution in [0.1, 0.15) is 32.3 Å². The van der Waals surface area contributed by atoms with Crippen molar-refractivity contribution in [3.8, 4) is 6.07 Å². The van der Waals surface area contributed by atoms with Gasteiger partial charge in [0.1, 0.15) is 0 Å². The third-order valence-corrected chi connectivity index (χ3v) is 4.59. The van der Waals surface area contributed by atoms with Crippen molar-refractivity contribution < 1.29 is 0 Å². The smallest absolute Gasteiger partial charge is 0.0992 e. The Bertz CT molecular complexity index is 487. The number of likely N-dealkylation sites (tertiary alicyclic amines) is 1. The van der Waals surface area contributed by atoms with E-state index in [1.165, 1.54) is 25.9 Å². The van der Waals surface area contributed by atoms with E-state index in [4.69, 9.17) is 16.9 Å². The topological polar surface area (TPSA) is 39.1 Å². The molecule has 0 bridgehead atoms. The van der Waals surface area contributed by atoms with E-state index in [0.717, 1.165) is 12.2 Å². The van der Waals surface area contributed by atoms with Crippen molar-refractivity contribution in [3.05, 3.63) is 28.8 Å². The molecule has 20 heavy (non-hydrogen) atoms. The minimum atomic E-state index is 0.375. The molecule has 1 atom stereocenters. The van der Waals surface area contributed by atoms with Crippen LogP contribution in [0.2, 0.25) is 5.02 Å². The predicted octanol–water partition coefficient (Wildman–Crippen LogP) is 3.74. The minimum absolute atomic E-state index is 0.375. The van der Waals surface area contributed by atoms with Gasteiger partial charge in [0.25, 0.3) is 0 Å². The van der Waals surface area contributed by atoms with Gasteiger partial charge in [-0.25, -0.2) is 0 Å². The highest BCUT2D eigenvalue weighted by Crippen LogP contribution is 2.27. The first-order valence-electron chi connectivity index (χ1n) is 7.32. The lowest BCUT2D eigenvalue weighted by molar-refractivity contribution is 0.183. The second-order valence-electron chi connectivity index (χ2n) is 5.51. The monoisotopic (exact) mass is 291 g/mol. The molecule has 0 aromatic heterocycles. The second-order valence-corrected chi connectivity index (χ2v) is 5.92. The van der Waals surface area contributed by atoms with Crippen LogP contribution in [0.3, 0.4) is 0 Å². The van der Waals surface area contributed by atoms with E-state index >= 15 is 0 Å². The molecule has 1 saturated heterocycles. The van der Waals surface area contributed by atoms with Crippen LogP contribution in [-0.2, 0) is 0 Å². The summed E-state index contributed by atoms with van der Waals surface area (Å²) in [6, 6.07) is 7.90. The van der Waals surface area contributed by atoms with Crippen LogP contribution in [0, 0.1) is 17.2 Å². The van der Waals surface area contributed by atoms with Crippen molar-refractivity contribution in [2.75, 3.05) is 25.0 Å². The molecule has 0 aliphatic carbocycles. The van der Waals surface area contributed by atoms with E-state index in [2.05, 4.69) is 30.1 Å². The first-order chi connectivity index (χ1) is 9.63. The van der Waals surface area contributed by atoms with Crippen LogP contribution in [0.5, 0.6) is 0 Å². The van der Waals surface area contributed by atoms with Gasteiger partial charge in [-0.2, -0.15) is 5.26 Å². The molecular weight excluding hydrogens is 270 g/mol. The van der Waals surface area contributed by atoms with E-state index in [0.29, 0.717) is 22.5 Å². The van der Waals surface area contributed by atoms with Gasteiger partial charge in [0.2, 0.25) is 0 Å². The number of hydrogen-bond donors (Lipinski definition) is 1. The average molecular weight is 292 g/mol. The van der Waals surface area contributed by atoms with Gasteiger partial charge in [0.15, 0.2) is 0 Å². The molecule has 1 aromatic rings. The molecule has 0 amide bonds. The fourth-order valence-corrected chi connectivity index (χ4v) is 3.01. The number of nitrogens with one attached hydrogen (secondary N) is 1. The average Bonchev–Trinajstić information content (AvgIpc) is 2.49. The van der Waals surface area contributed by atoms with E-state index in [1.54, 1.807) is 12.1 Å². The van der Waals surface area contributed by atoms with Crippen LogP contribution in [0.4, 0.5) is 5.69 Å². The van der Waals surface area contributed by atoms with Crippen molar-refractivity contribution in [2.24, 2.45) is 5.92 Å². The van der Waals surface area contributed by atoms with Gasteiger partial charge in [-0.3, -0.25) is 0 Å². The van der Waals surface area contributed by atoms with Crippen molar-refractivity contribution in [1.29, 1.82) is 5.26 Å². The maximum absolute atomic E-state index is 8.97. The summed E-state index contributed by atoms with van der Waals surface area (Å²) in [5.74, 6) is 0.666. The third kappa shape index (κ3) is 3.65. The molecule has 0 radical (unpaired) electrons. The molecule has 3 nitrogen and oxygen atoms in total. The lowest BCUT2D eigenvalue weighted by Gasteiger charge is -2.35. The molecule has 1 heterocycles. The Morgan fingerprint density at radius 2 is 2.15 bits per heavy atom. The lowest BCUT2D eigenvalue weighted by Crippen LogP contribution is -2.39. The molecule has 1 N–H and O–H groups in total. The third-order valence-electron chi connectivity index (χ3n) is 4.27. The largest absolute Gasteiger partial charge is 0.381 e. The van der Waals surface area contributed by atoms with Gasteiger partial charge >= 0.3 is 0 Å². The SMILES string of the molecule is CCN1CCC(C(C)Nc2cc(C#N)ccc2Cl)CC1. The van der Waals surface area contributed by atoms with Crippen molar-refractivity contribution >= 4 is 17.3 Å².